The molecule has 3 N–H and O–H groups in total. The number of carbonyl (C=O) groups excluding carboxylic acids is 2. The maximum Gasteiger partial charge on any atom is 0.371 e. The van der Waals surface area contributed by atoms with Gasteiger partial charge in [0.1, 0.15) is 12.3 Å². The molecule has 0 bridgehead atoms. The van der Waals surface area contributed by atoms with E-state index in [1.54, 1.807) is 0 Å². The first-order valence-electron chi connectivity index (χ1n) is 5.45. The van der Waals surface area contributed by atoms with Crippen molar-refractivity contribution in [2.75, 3.05) is 20.6 Å². The van der Waals surface area contributed by atoms with Crippen LogP contribution in [0.15, 0.2) is 16.5 Å². The minimum absolute atomic E-state index is 0.0458. The fourth-order valence-electron chi connectivity index (χ4n) is 1.25. The van der Waals surface area contributed by atoms with Crippen LogP contribution in [0, 0.1) is 0 Å². The predicted octanol–water partition coefficient (Wildman–Crippen LogP) is -0.135. The zero-order valence-electron chi connectivity index (χ0n) is 10.6. The van der Waals surface area contributed by atoms with Crippen molar-refractivity contribution in [1.82, 2.24) is 15.5 Å². The summed E-state index contributed by atoms with van der Waals surface area (Å²) in [6.45, 7) is -0.0228. The molecule has 0 aliphatic rings. The predicted molar refractivity (Wildman–Crippen MR) is 64.6 cm³/mol. The highest BCUT2D eigenvalue weighted by Crippen LogP contribution is 2.07. The van der Waals surface area contributed by atoms with Crippen molar-refractivity contribution in [3.63, 3.8) is 0 Å². The van der Waals surface area contributed by atoms with Gasteiger partial charge >= 0.3 is 12.0 Å². The van der Waals surface area contributed by atoms with Crippen LogP contribution in [0.25, 0.3) is 0 Å². The minimum atomic E-state index is -1.17. The van der Waals surface area contributed by atoms with Gasteiger partial charge in [0, 0.05) is 14.1 Å². The van der Waals surface area contributed by atoms with E-state index in [-0.39, 0.29) is 24.8 Å². The maximum absolute atomic E-state index is 11.6. The summed E-state index contributed by atoms with van der Waals surface area (Å²) in [6, 6.07) is 2.30. The van der Waals surface area contributed by atoms with Gasteiger partial charge in [-0.25, -0.2) is 9.59 Å². The van der Waals surface area contributed by atoms with E-state index in [2.05, 4.69) is 10.6 Å². The van der Waals surface area contributed by atoms with E-state index in [1.807, 2.05) is 0 Å². The third-order valence-electron chi connectivity index (χ3n) is 2.29. The zero-order chi connectivity index (χ0) is 14.4. The van der Waals surface area contributed by atoms with Crippen LogP contribution in [0.2, 0.25) is 0 Å². The van der Waals surface area contributed by atoms with Gasteiger partial charge in [0.2, 0.25) is 11.7 Å². The van der Waals surface area contributed by atoms with E-state index >= 15 is 0 Å². The second-order valence-electron chi connectivity index (χ2n) is 3.76. The Balaban J connectivity index is 2.44. The van der Waals surface area contributed by atoms with E-state index in [4.69, 9.17) is 9.52 Å². The first kappa shape index (κ1) is 14.6. The molecule has 1 heterocycles. The van der Waals surface area contributed by atoms with Crippen molar-refractivity contribution in [2.24, 2.45) is 0 Å². The Morgan fingerprint density at radius 2 is 2.05 bits per heavy atom. The smallest absolute Gasteiger partial charge is 0.371 e. The summed E-state index contributed by atoms with van der Waals surface area (Å²) in [5.74, 6) is -1.33. The molecule has 8 nitrogen and oxygen atoms in total. The summed E-state index contributed by atoms with van der Waals surface area (Å²) in [7, 11) is 2.94. The lowest BCUT2D eigenvalue weighted by Gasteiger charge is -2.16. The molecular formula is C11H15N3O5. The van der Waals surface area contributed by atoms with Crippen LogP contribution in [-0.4, -0.2) is 48.6 Å². The molecule has 0 saturated carbocycles. The Morgan fingerprint density at radius 1 is 1.37 bits per heavy atom. The quantitative estimate of drug-likeness (QED) is 0.689. The fraction of sp³-hybridized carbons (Fsp3) is 0.364. The maximum atomic E-state index is 11.6. The van der Waals surface area contributed by atoms with E-state index < -0.39 is 12.0 Å². The van der Waals surface area contributed by atoms with E-state index in [0.29, 0.717) is 5.76 Å². The Hall–Kier alpha value is -2.51. The van der Waals surface area contributed by atoms with Crippen molar-refractivity contribution in [3.8, 4) is 0 Å². The van der Waals surface area contributed by atoms with Gasteiger partial charge in [0.15, 0.2) is 0 Å². The number of amides is 3. The summed E-state index contributed by atoms with van der Waals surface area (Å²) in [4.78, 5) is 34.4. The molecule has 0 radical (unpaired) electrons. The molecule has 0 unspecified atom stereocenters. The summed E-state index contributed by atoms with van der Waals surface area (Å²) in [5.41, 5.74) is 0. The van der Waals surface area contributed by atoms with Gasteiger partial charge in [0.05, 0.1) is 6.54 Å². The Labute approximate surface area is 109 Å². The number of carbonyl (C=O) groups is 3. The van der Waals surface area contributed by atoms with Crippen molar-refractivity contribution in [2.45, 2.75) is 6.54 Å². The van der Waals surface area contributed by atoms with Crippen LogP contribution in [0.4, 0.5) is 4.79 Å². The average molecular weight is 269 g/mol. The number of carboxylic acid groups (broad SMARTS) is 1. The molecule has 19 heavy (non-hydrogen) atoms. The monoisotopic (exact) mass is 269 g/mol. The van der Waals surface area contributed by atoms with Gasteiger partial charge in [-0.3, -0.25) is 4.79 Å². The SMILES string of the molecule is CNC(=O)CN(C)C(=O)NCc1ccc(C(=O)O)o1. The molecule has 1 aromatic heterocycles. The Morgan fingerprint density at radius 3 is 2.58 bits per heavy atom. The number of rotatable bonds is 5. The highest BCUT2D eigenvalue weighted by molar-refractivity contribution is 5.84. The first-order valence-corrected chi connectivity index (χ1v) is 5.45. The summed E-state index contributed by atoms with van der Waals surface area (Å²) in [6.07, 6.45) is 0. The number of furan rings is 1. The number of hydrogen-bond acceptors (Lipinski definition) is 4. The van der Waals surface area contributed by atoms with Crippen LogP contribution in [0.3, 0.4) is 0 Å². The molecule has 0 aromatic carbocycles. The van der Waals surface area contributed by atoms with Gasteiger partial charge in [-0.1, -0.05) is 0 Å². The lowest BCUT2D eigenvalue weighted by atomic mass is 10.4. The molecule has 3 amide bonds. The molecule has 8 heteroatoms. The largest absolute Gasteiger partial charge is 0.475 e. The van der Waals surface area contributed by atoms with Crippen LogP contribution >= 0.6 is 0 Å². The zero-order valence-corrected chi connectivity index (χ0v) is 10.6. The van der Waals surface area contributed by atoms with E-state index in [1.165, 1.54) is 31.1 Å². The number of carboxylic acids is 1. The molecule has 0 fully saturated rings. The van der Waals surface area contributed by atoms with Crippen LogP contribution in [-0.2, 0) is 11.3 Å². The second-order valence-corrected chi connectivity index (χ2v) is 3.76. The fourth-order valence-corrected chi connectivity index (χ4v) is 1.25. The molecule has 0 spiro atoms. The molecule has 0 saturated heterocycles. The highest BCUT2D eigenvalue weighted by atomic mass is 16.4. The van der Waals surface area contributed by atoms with Gasteiger partial charge in [-0.2, -0.15) is 0 Å². The second kappa shape index (κ2) is 6.43. The number of nitrogens with one attached hydrogen (secondary N) is 2. The topological polar surface area (TPSA) is 112 Å². The lowest BCUT2D eigenvalue weighted by Crippen LogP contribution is -2.42. The summed E-state index contributed by atoms with van der Waals surface area (Å²) >= 11 is 0. The van der Waals surface area contributed by atoms with Crippen molar-refractivity contribution in [1.29, 1.82) is 0 Å². The molecule has 0 atom stereocenters. The average Bonchev–Trinajstić information content (AvgIpc) is 2.84. The number of likely N-dealkylation sites (N-methyl/N-ethyl adjacent to an activating group) is 2. The van der Waals surface area contributed by atoms with Gasteiger partial charge < -0.3 is 25.1 Å². The Bertz CT molecular complexity index is 482. The third kappa shape index (κ3) is 4.34. The summed E-state index contributed by atoms with van der Waals surface area (Å²) in [5, 5.41) is 13.6. The molecule has 0 aliphatic carbocycles. The molecule has 104 valence electrons. The highest BCUT2D eigenvalue weighted by Gasteiger charge is 2.13. The normalized spacial score (nSPS) is 9.79. The van der Waals surface area contributed by atoms with Crippen LogP contribution < -0.4 is 10.6 Å². The van der Waals surface area contributed by atoms with Crippen molar-refractivity contribution < 1.29 is 23.9 Å². The molecule has 1 aromatic rings. The van der Waals surface area contributed by atoms with Crippen molar-refractivity contribution in [3.05, 3.63) is 23.7 Å². The summed E-state index contributed by atoms with van der Waals surface area (Å²) < 4.78 is 4.97. The number of nitrogens with zero attached hydrogens (tertiary/aromatic N) is 1. The van der Waals surface area contributed by atoms with Crippen LogP contribution in [0.5, 0.6) is 0 Å². The number of urea groups is 1. The number of hydrogen-bond donors (Lipinski definition) is 3. The lowest BCUT2D eigenvalue weighted by molar-refractivity contribution is -0.120. The van der Waals surface area contributed by atoms with Gasteiger partial charge in [0.25, 0.3) is 0 Å². The van der Waals surface area contributed by atoms with Gasteiger partial charge in [-0.15, -0.1) is 0 Å². The number of aromatic carboxylic acids is 1. The minimum Gasteiger partial charge on any atom is -0.475 e. The first-order chi connectivity index (χ1) is 8.93. The van der Waals surface area contributed by atoms with E-state index in [9.17, 15) is 14.4 Å². The van der Waals surface area contributed by atoms with Crippen molar-refractivity contribution >= 4 is 17.9 Å². The Kier molecular flexibility index (Phi) is 4.92. The van der Waals surface area contributed by atoms with Gasteiger partial charge in [-0.05, 0) is 12.1 Å². The molecule has 1 rings (SSSR count). The third-order valence-corrected chi connectivity index (χ3v) is 2.29. The standard InChI is InChI=1S/C11H15N3O5/c1-12-9(15)6-14(2)11(18)13-5-7-3-4-8(19-7)10(16)17/h3-4H,5-6H2,1-2H3,(H,12,15)(H,13,18)(H,16,17). The molecular weight excluding hydrogens is 254 g/mol. The van der Waals surface area contributed by atoms with Crippen LogP contribution in [0.1, 0.15) is 16.3 Å². The van der Waals surface area contributed by atoms with E-state index in [0.717, 1.165) is 0 Å². The molecule has 0 aliphatic heterocycles.